The first-order valence-electron chi connectivity index (χ1n) is 7.77. The van der Waals surface area contributed by atoms with E-state index >= 15 is 0 Å². The molecule has 0 saturated carbocycles. The third-order valence-corrected chi connectivity index (χ3v) is 3.61. The Balaban J connectivity index is 1.51. The van der Waals surface area contributed by atoms with Crippen LogP contribution in [0.3, 0.4) is 0 Å². The van der Waals surface area contributed by atoms with Crippen LogP contribution in [0.4, 0.5) is 0 Å². The lowest BCUT2D eigenvalue weighted by atomic mass is 10.0. The first-order chi connectivity index (χ1) is 12.2. The topological polar surface area (TPSA) is 75.3 Å². The number of ether oxygens (including phenoxy) is 1. The summed E-state index contributed by atoms with van der Waals surface area (Å²) in [4.78, 5) is 11.8. The maximum atomic E-state index is 11.8. The fraction of sp³-hybridized carbons (Fsp3) is 0.100. The second-order valence-electron chi connectivity index (χ2n) is 5.36. The van der Waals surface area contributed by atoms with Crippen molar-refractivity contribution < 1.29 is 13.9 Å². The molecule has 0 radical (unpaired) electrons. The Hall–Kier alpha value is -3.52. The summed E-state index contributed by atoms with van der Waals surface area (Å²) in [6, 6.07) is 20.5. The molecule has 0 atom stereocenters. The van der Waals surface area contributed by atoms with Gasteiger partial charge >= 0.3 is 0 Å². The lowest BCUT2D eigenvalue weighted by molar-refractivity contribution is -0.123. The quantitative estimate of drug-likeness (QED) is 0.749. The van der Waals surface area contributed by atoms with Crippen LogP contribution in [0.2, 0.25) is 0 Å². The van der Waals surface area contributed by atoms with E-state index < -0.39 is 0 Å². The molecule has 124 valence electrons. The zero-order valence-electron chi connectivity index (χ0n) is 13.4. The monoisotopic (exact) mass is 332 g/mol. The third kappa shape index (κ3) is 4.49. The molecule has 1 N–H and O–H groups in total. The molecular weight excluding hydrogens is 316 g/mol. The van der Waals surface area contributed by atoms with Gasteiger partial charge in [-0.1, -0.05) is 24.3 Å². The lowest BCUT2D eigenvalue weighted by Crippen LogP contribution is -2.28. The maximum Gasteiger partial charge on any atom is 0.258 e. The zero-order valence-corrected chi connectivity index (χ0v) is 13.4. The molecule has 0 saturated heterocycles. The molecule has 0 aliphatic rings. The summed E-state index contributed by atoms with van der Waals surface area (Å²) < 4.78 is 10.6. The minimum atomic E-state index is -0.215. The molecule has 1 heterocycles. The van der Waals surface area contributed by atoms with E-state index in [9.17, 15) is 4.79 Å². The van der Waals surface area contributed by atoms with E-state index in [0.29, 0.717) is 23.6 Å². The van der Waals surface area contributed by atoms with Crippen molar-refractivity contribution in [3.05, 3.63) is 78.3 Å². The van der Waals surface area contributed by atoms with Gasteiger partial charge in [-0.25, -0.2) is 0 Å². The summed E-state index contributed by atoms with van der Waals surface area (Å²) in [7, 11) is 0. The van der Waals surface area contributed by atoms with Gasteiger partial charge in [0.15, 0.2) is 6.61 Å². The van der Waals surface area contributed by atoms with Gasteiger partial charge in [0.05, 0.1) is 24.4 Å². The lowest BCUT2D eigenvalue weighted by Gasteiger charge is -2.08. The molecule has 1 amide bonds. The highest BCUT2D eigenvalue weighted by Gasteiger charge is 2.05. The summed E-state index contributed by atoms with van der Waals surface area (Å²) in [6.45, 7) is 0.281. The fourth-order valence-corrected chi connectivity index (χ4v) is 2.28. The molecule has 5 nitrogen and oxygen atoms in total. The predicted molar refractivity (Wildman–Crippen MR) is 92.6 cm³/mol. The van der Waals surface area contributed by atoms with Crippen molar-refractivity contribution in [3.63, 3.8) is 0 Å². The van der Waals surface area contributed by atoms with E-state index in [4.69, 9.17) is 14.4 Å². The highest BCUT2D eigenvalue weighted by atomic mass is 16.5. The normalized spacial score (nSPS) is 10.0. The van der Waals surface area contributed by atoms with Crippen LogP contribution in [-0.4, -0.2) is 12.5 Å². The Morgan fingerprint density at radius 2 is 1.72 bits per heavy atom. The van der Waals surface area contributed by atoms with Gasteiger partial charge in [-0.15, -0.1) is 0 Å². The maximum absolute atomic E-state index is 11.8. The van der Waals surface area contributed by atoms with Crippen molar-refractivity contribution in [3.8, 4) is 22.9 Å². The number of hydrogen-bond donors (Lipinski definition) is 1. The number of amides is 1. The minimum Gasteiger partial charge on any atom is -0.484 e. The van der Waals surface area contributed by atoms with Crippen LogP contribution < -0.4 is 10.1 Å². The highest BCUT2D eigenvalue weighted by molar-refractivity contribution is 5.77. The number of nitrogens with one attached hydrogen (secondary N) is 1. The standard InChI is InChI=1S/C20H16N2O3/c21-12-15-3-5-16(6-4-15)17-7-9-18(10-8-17)25-14-20(23)22-13-19-2-1-11-24-19/h1-11H,13-14H2,(H,22,23). The largest absolute Gasteiger partial charge is 0.484 e. The predicted octanol–water partition coefficient (Wildman–Crippen LogP) is 3.51. The van der Waals surface area contributed by atoms with Crippen LogP contribution in [0, 0.1) is 11.3 Å². The fourth-order valence-electron chi connectivity index (χ4n) is 2.28. The van der Waals surface area contributed by atoms with Gasteiger partial charge in [0.25, 0.3) is 5.91 Å². The summed E-state index contributed by atoms with van der Waals surface area (Å²) >= 11 is 0. The van der Waals surface area contributed by atoms with Gasteiger partial charge in [-0.05, 0) is 47.5 Å². The van der Waals surface area contributed by atoms with Gasteiger partial charge in [0, 0.05) is 0 Å². The molecule has 0 fully saturated rings. The highest BCUT2D eigenvalue weighted by Crippen LogP contribution is 2.22. The smallest absolute Gasteiger partial charge is 0.258 e. The molecular formula is C20H16N2O3. The summed E-state index contributed by atoms with van der Waals surface area (Å²) in [5.74, 6) is 1.10. The van der Waals surface area contributed by atoms with Crippen molar-refractivity contribution >= 4 is 5.91 Å². The van der Waals surface area contributed by atoms with Crippen LogP contribution in [0.1, 0.15) is 11.3 Å². The van der Waals surface area contributed by atoms with Crippen LogP contribution in [0.5, 0.6) is 5.75 Å². The number of nitrogens with zero attached hydrogens (tertiary/aromatic N) is 1. The number of nitriles is 1. The summed E-state index contributed by atoms with van der Waals surface area (Å²) in [5.41, 5.74) is 2.66. The zero-order chi connectivity index (χ0) is 17.5. The van der Waals surface area contributed by atoms with Crippen LogP contribution in [0.15, 0.2) is 71.3 Å². The first-order valence-corrected chi connectivity index (χ1v) is 7.77. The molecule has 2 aromatic carbocycles. The van der Waals surface area contributed by atoms with Crippen LogP contribution in [0.25, 0.3) is 11.1 Å². The van der Waals surface area contributed by atoms with Gasteiger partial charge in [-0.2, -0.15) is 5.26 Å². The van der Waals surface area contributed by atoms with Crippen molar-refractivity contribution in [1.82, 2.24) is 5.32 Å². The van der Waals surface area contributed by atoms with E-state index in [1.54, 1.807) is 30.5 Å². The molecule has 0 unspecified atom stereocenters. The Kier molecular flexibility index (Phi) is 5.13. The second kappa shape index (κ2) is 7.84. The minimum absolute atomic E-state index is 0.0586. The van der Waals surface area contributed by atoms with E-state index in [2.05, 4.69) is 11.4 Å². The van der Waals surface area contributed by atoms with Crippen molar-refractivity contribution in [1.29, 1.82) is 5.26 Å². The summed E-state index contributed by atoms with van der Waals surface area (Å²) in [5, 5.41) is 11.5. The van der Waals surface area contributed by atoms with E-state index in [0.717, 1.165) is 11.1 Å². The molecule has 5 heteroatoms. The van der Waals surface area contributed by atoms with E-state index in [1.807, 2.05) is 36.4 Å². The summed E-state index contributed by atoms with van der Waals surface area (Å²) in [6.07, 6.45) is 1.56. The number of rotatable bonds is 6. The van der Waals surface area contributed by atoms with E-state index in [-0.39, 0.29) is 12.5 Å². The Morgan fingerprint density at radius 1 is 1.04 bits per heavy atom. The Labute approximate surface area is 145 Å². The molecule has 25 heavy (non-hydrogen) atoms. The molecule has 0 aliphatic carbocycles. The Morgan fingerprint density at radius 3 is 2.32 bits per heavy atom. The number of furan rings is 1. The molecule has 3 rings (SSSR count). The number of carbonyl (C=O) groups is 1. The second-order valence-corrected chi connectivity index (χ2v) is 5.36. The van der Waals surface area contributed by atoms with Gasteiger partial charge in [0.2, 0.25) is 0 Å². The molecule has 0 spiro atoms. The van der Waals surface area contributed by atoms with Crippen LogP contribution >= 0.6 is 0 Å². The van der Waals surface area contributed by atoms with Gasteiger partial charge in [0.1, 0.15) is 11.5 Å². The molecule has 0 aliphatic heterocycles. The molecule has 0 bridgehead atoms. The van der Waals surface area contributed by atoms with Crippen molar-refractivity contribution in [2.24, 2.45) is 0 Å². The Bertz CT molecular complexity index is 861. The van der Waals surface area contributed by atoms with Crippen molar-refractivity contribution in [2.45, 2.75) is 6.54 Å². The number of carbonyl (C=O) groups excluding carboxylic acids is 1. The molecule has 1 aromatic heterocycles. The SMILES string of the molecule is N#Cc1ccc(-c2ccc(OCC(=O)NCc3ccco3)cc2)cc1. The average molecular weight is 332 g/mol. The third-order valence-electron chi connectivity index (χ3n) is 3.61. The van der Waals surface area contributed by atoms with Crippen LogP contribution in [-0.2, 0) is 11.3 Å². The first kappa shape index (κ1) is 16.3. The average Bonchev–Trinajstić information content (AvgIpc) is 3.19. The number of hydrogen-bond acceptors (Lipinski definition) is 4. The van der Waals surface area contributed by atoms with Gasteiger partial charge < -0.3 is 14.5 Å². The van der Waals surface area contributed by atoms with Gasteiger partial charge in [-0.3, -0.25) is 4.79 Å². The number of benzene rings is 2. The van der Waals surface area contributed by atoms with Crippen molar-refractivity contribution in [2.75, 3.05) is 6.61 Å². The molecule has 3 aromatic rings. The van der Waals surface area contributed by atoms with E-state index in [1.165, 1.54) is 0 Å².